The van der Waals surface area contributed by atoms with Gasteiger partial charge in [-0.15, -0.1) is 0 Å². The van der Waals surface area contributed by atoms with Gasteiger partial charge in [0.05, 0.1) is 12.8 Å². The van der Waals surface area contributed by atoms with Gasteiger partial charge in [-0.1, -0.05) is 38.6 Å². The molecule has 4 heteroatoms. The number of phenolic OH excluding ortho intramolecular Hbond substituents is 1. The second-order valence-corrected chi connectivity index (χ2v) is 6.18. The van der Waals surface area contributed by atoms with Gasteiger partial charge in [-0.25, -0.2) is 0 Å². The van der Waals surface area contributed by atoms with Crippen LogP contribution in [-0.4, -0.2) is 18.0 Å². The van der Waals surface area contributed by atoms with E-state index in [9.17, 15) is 9.90 Å². The lowest BCUT2D eigenvalue weighted by Gasteiger charge is -2.10. The van der Waals surface area contributed by atoms with Crippen LogP contribution in [-0.2, 0) is 11.3 Å². The Morgan fingerprint density at radius 3 is 2.79 bits per heavy atom. The second-order valence-electron chi connectivity index (χ2n) is 6.18. The topological polar surface area (TPSA) is 58.6 Å². The van der Waals surface area contributed by atoms with Gasteiger partial charge >= 0.3 is 0 Å². The number of nitrogens with one attached hydrogen (secondary N) is 1. The number of benzene rings is 1. The smallest absolute Gasteiger partial charge is 0.178 e. The molecule has 1 rings (SSSR count). The highest BCUT2D eigenvalue weighted by molar-refractivity contribution is 5.94. The quantitative estimate of drug-likeness (QED) is 0.360. The van der Waals surface area contributed by atoms with E-state index in [-0.39, 0.29) is 11.5 Å². The number of ketones is 1. The summed E-state index contributed by atoms with van der Waals surface area (Å²) >= 11 is 0. The summed E-state index contributed by atoms with van der Waals surface area (Å²) in [5, 5.41) is 12.6. The largest absolute Gasteiger partial charge is 0.504 e. The monoisotopic (exact) mass is 331 g/mol. The lowest BCUT2D eigenvalue weighted by atomic mass is 10.1. The van der Waals surface area contributed by atoms with Crippen LogP contribution in [0.25, 0.3) is 0 Å². The minimum Gasteiger partial charge on any atom is -0.504 e. The average Bonchev–Trinajstić information content (AvgIpc) is 2.56. The number of unbranched alkanes of at least 4 members (excludes halogenated alkanes) is 2. The average molecular weight is 331 g/mol. The molecule has 0 heterocycles. The molecular formula is C20H29NO3. The number of methoxy groups -OCH3 is 1. The van der Waals surface area contributed by atoms with E-state index in [1.54, 1.807) is 18.2 Å². The molecule has 1 aromatic rings. The Bertz CT molecular complexity index is 576. The number of Topliss-reactive ketones (excluding diaryl/α,β-unsaturated/α-hetero) is 1. The summed E-state index contributed by atoms with van der Waals surface area (Å²) in [5.41, 5.74) is 1.34. The van der Waals surface area contributed by atoms with Crippen molar-refractivity contribution in [3.8, 4) is 11.5 Å². The van der Waals surface area contributed by atoms with Crippen LogP contribution in [0, 0.1) is 5.92 Å². The van der Waals surface area contributed by atoms with Crippen LogP contribution >= 0.6 is 0 Å². The van der Waals surface area contributed by atoms with E-state index in [4.69, 9.17) is 4.74 Å². The summed E-state index contributed by atoms with van der Waals surface area (Å²) in [6.07, 6.45) is 7.78. The molecule has 132 valence electrons. The van der Waals surface area contributed by atoms with Crippen LogP contribution in [0.15, 0.2) is 42.6 Å². The summed E-state index contributed by atoms with van der Waals surface area (Å²) in [4.78, 5) is 12.0. The fraction of sp³-hybridized carbons (Fsp3) is 0.450. The molecule has 0 aliphatic carbocycles. The van der Waals surface area contributed by atoms with E-state index < -0.39 is 0 Å². The van der Waals surface area contributed by atoms with Crippen molar-refractivity contribution in [2.75, 3.05) is 7.11 Å². The molecule has 0 radical (unpaired) electrons. The molecule has 0 bridgehead atoms. The molecule has 0 aliphatic rings. The molecule has 4 nitrogen and oxygen atoms in total. The fourth-order valence-corrected chi connectivity index (χ4v) is 2.21. The van der Waals surface area contributed by atoms with Crippen molar-refractivity contribution in [1.82, 2.24) is 5.32 Å². The van der Waals surface area contributed by atoms with Crippen molar-refractivity contribution < 1.29 is 14.6 Å². The highest BCUT2D eigenvalue weighted by Gasteiger charge is 2.07. The van der Waals surface area contributed by atoms with Crippen LogP contribution < -0.4 is 10.1 Å². The van der Waals surface area contributed by atoms with Crippen molar-refractivity contribution in [3.63, 3.8) is 0 Å². The Morgan fingerprint density at radius 2 is 2.12 bits per heavy atom. The van der Waals surface area contributed by atoms with Crippen molar-refractivity contribution >= 4 is 5.78 Å². The molecule has 0 fully saturated rings. The number of hydrogen-bond donors (Lipinski definition) is 2. The SMILES string of the molecule is C=C(NCc1ccc(O)c(OC)c1)C(=O)CCCC/C=C/C(C)C. The summed E-state index contributed by atoms with van der Waals surface area (Å²) in [6.45, 7) is 8.59. The second kappa shape index (κ2) is 10.5. The third-order valence-electron chi connectivity index (χ3n) is 3.63. The van der Waals surface area contributed by atoms with Gasteiger partial charge in [0.1, 0.15) is 0 Å². The highest BCUT2D eigenvalue weighted by Crippen LogP contribution is 2.26. The summed E-state index contributed by atoms with van der Waals surface area (Å²) < 4.78 is 5.07. The Labute approximate surface area is 145 Å². The normalized spacial score (nSPS) is 11.0. The third kappa shape index (κ3) is 7.36. The molecule has 1 aromatic carbocycles. The summed E-state index contributed by atoms with van der Waals surface area (Å²) in [6, 6.07) is 5.09. The van der Waals surface area contributed by atoms with E-state index in [1.165, 1.54) is 7.11 Å². The number of carbonyl (C=O) groups is 1. The minimum atomic E-state index is 0.0496. The maximum atomic E-state index is 12.0. The van der Waals surface area contributed by atoms with Crippen molar-refractivity contribution in [1.29, 1.82) is 0 Å². The Balaban J connectivity index is 2.30. The summed E-state index contributed by atoms with van der Waals surface area (Å²) in [7, 11) is 1.51. The lowest BCUT2D eigenvalue weighted by Crippen LogP contribution is -2.19. The Morgan fingerprint density at radius 1 is 1.38 bits per heavy atom. The predicted octanol–water partition coefficient (Wildman–Crippen LogP) is 4.35. The molecule has 0 aliphatic heterocycles. The zero-order valence-electron chi connectivity index (χ0n) is 15.0. The first-order chi connectivity index (χ1) is 11.4. The van der Waals surface area contributed by atoms with Crippen LogP contribution in [0.5, 0.6) is 11.5 Å². The standard InChI is InChI=1S/C20H29NO3/c1-15(2)9-7-5-6-8-10-18(22)16(3)21-14-17-11-12-19(23)20(13-17)24-4/h7,9,11-13,15,21,23H,3,5-6,8,10,14H2,1-2,4H3/b9-7+. The first kappa shape index (κ1) is 19.8. The third-order valence-corrected chi connectivity index (χ3v) is 3.63. The molecular weight excluding hydrogens is 302 g/mol. The minimum absolute atomic E-state index is 0.0496. The molecule has 0 unspecified atom stereocenters. The molecule has 0 atom stereocenters. The van der Waals surface area contributed by atoms with Gasteiger partial charge in [0.15, 0.2) is 17.3 Å². The number of hydrogen-bond acceptors (Lipinski definition) is 4. The van der Waals surface area contributed by atoms with Gasteiger partial charge in [-0.05, 0) is 42.9 Å². The molecule has 0 amide bonds. The van der Waals surface area contributed by atoms with E-state index in [1.807, 2.05) is 0 Å². The van der Waals surface area contributed by atoms with Gasteiger partial charge in [0, 0.05) is 13.0 Å². The number of rotatable bonds is 11. The molecule has 0 aromatic heterocycles. The molecule has 24 heavy (non-hydrogen) atoms. The van der Waals surface area contributed by atoms with Gasteiger partial charge in [-0.2, -0.15) is 0 Å². The molecule has 0 saturated carbocycles. The summed E-state index contributed by atoms with van der Waals surface area (Å²) in [5.74, 6) is 1.14. The maximum Gasteiger partial charge on any atom is 0.178 e. The van der Waals surface area contributed by atoms with Gasteiger partial charge in [-0.3, -0.25) is 4.79 Å². The first-order valence-corrected chi connectivity index (χ1v) is 8.42. The molecule has 2 N–H and O–H groups in total. The first-order valence-electron chi connectivity index (χ1n) is 8.42. The molecule has 0 saturated heterocycles. The van der Waals surface area contributed by atoms with E-state index >= 15 is 0 Å². The van der Waals surface area contributed by atoms with E-state index in [2.05, 4.69) is 37.9 Å². The predicted molar refractivity (Wildman–Crippen MR) is 98.1 cm³/mol. The van der Waals surface area contributed by atoms with Gasteiger partial charge < -0.3 is 15.2 Å². The van der Waals surface area contributed by atoms with Crippen LogP contribution in [0.3, 0.4) is 0 Å². The zero-order chi connectivity index (χ0) is 17.9. The van der Waals surface area contributed by atoms with E-state index in [0.29, 0.717) is 30.3 Å². The molecule has 0 spiro atoms. The number of allylic oxidation sites excluding steroid dienone is 3. The Hall–Kier alpha value is -2.23. The number of phenols is 1. The lowest BCUT2D eigenvalue weighted by molar-refractivity contribution is -0.116. The fourth-order valence-electron chi connectivity index (χ4n) is 2.21. The van der Waals surface area contributed by atoms with Crippen molar-refractivity contribution in [3.05, 3.63) is 48.2 Å². The number of ether oxygens (including phenoxy) is 1. The van der Waals surface area contributed by atoms with Crippen LogP contribution in [0.1, 0.15) is 45.1 Å². The van der Waals surface area contributed by atoms with Gasteiger partial charge in [0.2, 0.25) is 0 Å². The van der Waals surface area contributed by atoms with Gasteiger partial charge in [0.25, 0.3) is 0 Å². The van der Waals surface area contributed by atoms with Crippen molar-refractivity contribution in [2.24, 2.45) is 5.92 Å². The number of carbonyl (C=O) groups excluding carboxylic acids is 1. The van der Waals surface area contributed by atoms with Crippen LogP contribution in [0.4, 0.5) is 0 Å². The maximum absolute atomic E-state index is 12.0. The van der Waals surface area contributed by atoms with Crippen LogP contribution in [0.2, 0.25) is 0 Å². The Kier molecular flexibility index (Phi) is 8.69. The highest BCUT2D eigenvalue weighted by atomic mass is 16.5. The van der Waals surface area contributed by atoms with Crippen molar-refractivity contribution in [2.45, 2.75) is 46.1 Å². The van der Waals surface area contributed by atoms with E-state index in [0.717, 1.165) is 24.8 Å². The number of aromatic hydroxyl groups is 1. The zero-order valence-corrected chi connectivity index (χ0v) is 15.0.